The number of Topliss-reactive ketones (excluding diaryl/α,β-unsaturated/α-hetero) is 1. The van der Waals surface area contributed by atoms with E-state index in [1.54, 1.807) is 0 Å². The second kappa shape index (κ2) is 4.35. The summed E-state index contributed by atoms with van der Waals surface area (Å²) in [5.41, 5.74) is 3.95. The van der Waals surface area contributed by atoms with Gasteiger partial charge < -0.3 is 5.11 Å². The first-order valence-electron chi connectivity index (χ1n) is 8.91. The lowest BCUT2D eigenvalue weighted by atomic mass is 9.47. The van der Waals surface area contributed by atoms with Crippen LogP contribution in [0.2, 0.25) is 0 Å². The predicted molar refractivity (Wildman–Crippen MR) is 87.2 cm³/mol. The largest absolute Gasteiger partial charge is 0.391 e. The predicted octanol–water partition coefficient (Wildman–Crippen LogP) is 4.05. The molecule has 2 heteroatoms. The third-order valence-electron chi connectivity index (χ3n) is 7.54. The van der Waals surface area contributed by atoms with Crippen molar-refractivity contribution >= 4 is 5.78 Å². The van der Waals surface area contributed by atoms with Crippen molar-refractivity contribution in [2.75, 3.05) is 0 Å². The highest BCUT2D eigenvalue weighted by molar-refractivity contribution is 6.03. The van der Waals surface area contributed by atoms with Crippen LogP contribution in [0.25, 0.3) is 0 Å². The Morgan fingerprint density at radius 1 is 1.23 bits per heavy atom. The number of aliphatic hydroxyl groups excluding tert-OH is 1. The molecule has 4 aliphatic carbocycles. The lowest BCUT2D eigenvalue weighted by Gasteiger charge is -2.57. The summed E-state index contributed by atoms with van der Waals surface area (Å²) < 4.78 is 0. The molecule has 0 aromatic rings. The molecule has 22 heavy (non-hydrogen) atoms. The number of hydrogen-bond acceptors (Lipinski definition) is 2. The normalized spacial score (nSPS) is 46.5. The van der Waals surface area contributed by atoms with Crippen LogP contribution in [-0.2, 0) is 4.79 Å². The minimum atomic E-state index is -0.514. The van der Waals surface area contributed by atoms with Crippen molar-refractivity contribution in [1.82, 2.24) is 0 Å². The highest BCUT2D eigenvalue weighted by Gasteiger charge is 2.59. The zero-order chi connectivity index (χ0) is 15.9. The van der Waals surface area contributed by atoms with Crippen LogP contribution in [0.4, 0.5) is 0 Å². The zero-order valence-electron chi connectivity index (χ0n) is 14.1. The molecular formula is C20H28O2. The molecule has 0 amide bonds. The molecule has 0 spiro atoms. The van der Waals surface area contributed by atoms with Crippen LogP contribution >= 0.6 is 0 Å². The maximum Gasteiger partial charge on any atom is 0.168 e. The Morgan fingerprint density at radius 2 is 1.95 bits per heavy atom. The van der Waals surface area contributed by atoms with Crippen LogP contribution < -0.4 is 0 Å². The van der Waals surface area contributed by atoms with E-state index in [0.717, 1.165) is 12.8 Å². The highest BCUT2D eigenvalue weighted by Crippen LogP contribution is 2.64. The van der Waals surface area contributed by atoms with E-state index in [4.69, 9.17) is 0 Å². The number of allylic oxidation sites excluding steroid dienone is 1. The molecular weight excluding hydrogens is 272 g/mol. The highest BCUT2D eigenvalue weighted by atomic mass is 16.3. The molecule has 2 nitrogen and oxygen atoms in total. The van der Waals surface area contributed by atoms with Crippen molar-refractivity contribution in [3.05, 3.63) is 23.3 Å². The summed E-state index contributed by atoms with van der Waals surface area (Å²) in [6.45, 7) is 11.2. The van der Waals surface area contributed by atoms with Gasteiger partial charge in [-0.3, -0.25) is 4.79 Å². The Balaban J connectivity index is 1.86. The molecule has 5 atom stereocenters. The van der Waals surface area contributed by atoms with Gasteiger partial charge in [0.05, 0.1) is 12.0 Å². The van der Waals surface area contributed by atoms with Gasteiger partial charge in [0, 0.05) is 5.92 Å². The second-order valence-electron chi connectivity index (χ2n) is 9.04. The average molecular weight is 300 g/mol. The van der Waals surface area contributed by atoms with Gasteiger partial charge in [-0.15, -0.1) is 0 Å². The van der Waals surface area contributed by atoms with Gasteiger partial charge in [-0.2, -0.15) is 0 Å². The second-order valence-corrected chi connectivity index (χ2v) is 9.04. The van der Waals surface area contributed by atoms with Crippen LogP contribution in [0.3, 0.4) is 0 Å². The first kappa shape index (κ1) is 14.7. The average Bonchev–Trinajstić information content (AvgIpc) is 2.57. The summed E-state index contributed by atoms with van der Waals surface area (Å²) in [5.74, 6) is 0.488. The molecule has 0 heterocycles. The van der Waals surface area contributed by atoms with Crippen molar-refractivity contribution in [1.29, 1.82) is 0 Å². The number of hydrogen-bond donors (Lipinski definition) is 1. The maximum absolute atomic E-state index is 12.7. The first-order chi connectivity index (χ1) is 10.3. The van der Waals surface area contributed by atoms with Gasteiger partial charge in [-0.1, -0.05) is 44.9 Å². The van der Waals surface area contributed by atoms with Crippen LogP contribution in [-0.4, -0.2) is 17.0 Å². The van der Waals surface area contributed by atoms with Crippen molar-refractivity contribution < 1.29 is 9.90 Å². The van der Waals surface area contributed by atoms with E-state index in [1.807, 2.05) is 0 Å². The van der Waals surface area contributed by atoms with Gasteiger partial charge in [-0.25, -0.2) is 0 Å². The van der Waals surface area contributed by atoms with Crippen LogP contribution in [0.1, 0.15) is 59.3 Å². The Labute approximate surface area is 133 Å². The molecule has 1 N–H and O–H groups in total. The molecule has 2 bridgehead atoms. The lowest BCUT2D eigenvalue weighted by Crippen LogP contribution is -2.50. The van der Waals surface area contributed by atoms with Crippen LogP contribution in [0.5, 0.6) is 0 Å². The van der Waals surface area contributed by atoms with E-state index in [1.165, 1.54) is 36.8 Å². The van der Waals surface area contributed by atoms with Gasteiger partial charge in [0.2, 0.25) is 0 Å². The molecule has 2 saturated carbocycles. The number of rotatable bonds is 0. The lowest BCUT2D eigenvalue weighted by molar-refractivity contribution is -0.119. The standard InChI is InChI=1S/C20H28O2/c1-11-13-10-12-6-7-14-19(2,3)8-5-9-20(14,4)16(12)15(17(11)21)18(13)22/h13-15,18,22H,1,5-10H2,2-4H3/t13-,14-,15+,18+,20-/m1/s1. The number of fused-ring (bicyclic) bond motifs is 5. The van der Waals surface area contributed by atoms with Crippen molar-refractivity contribution in [2.24, 2.45) is 28.6 Å². The molecule has 0 aliphatic heterocycles. The van der Waals surface area contributed by atoms with E-state index in [0.29, 0.717) is 16.9 Å². The third-order valence-corrected chi connectivity index (χ3v) is 7.54. The molecule has 120 valence electrons. The molecule has 0 unspecified atom stereocenters. The summed E-state index contributed by atoms with van der Waals surface area (Å²) in [5, 5.41) is 10.7. The van der Waals surface area contributed by atoms with Crippen LogP contribution in [0, 0.1) is 28.6 Å². The molecule has 2 fully saturated rings. The van der Waals surface area contributed by atoms with E-state index < -0.39 is 6.10 Å². The molecule has 0 aromatic heterocycles. The summed E-state index contributed by atoms with van der Waals surface area (Å²) in [4.78, 5) is 12.7. The van der Waals surface area contributed by atoms with Gasteiger partial charge in [-0.05, 0) is 54.4 Å². The minimum absolute atomic E-state index is 0.00648. The van der Waals surface area contributed by atoms with Gasteiger partial charge in [0.15, 0.2) is 5.78 Å². The fraction of sp³-hybridized carbons (Fsp3) is 0.750. The topological polar surface area (TPSA) is 37.3 Å². The van der Waals surface area contributed by atoms with E-state index in [9.17, 15) is 9.90 Å². The monoisotopic (exact) mass is 300 g/mol. The summed E-state index contributed by atoms with van der Waals surface area (Å²) >= 11 is 0. The van der Waals surface area contributed by atoms with Crippen molar-refractivity contribution in [3.63, 3.8) is 0 Å². The van der Waals surface area contributed by atoms with Crippen LogP contribution in [0.15, 0.2) is 23.3 Å². The molecule has 4 rings (SSSR count). The van der Waals surface area contributed by atoms with Gasteiger partial charge in [0.1, 0.15) is 0 Å². The number of carbonyl (C=O) groups excluding carboxylic acids is 1. The van der Waals surface area contributed by atoms with E-state index >= 15 is 0 Å². The first-order valence-corrected chi connectivity index (χ1v) is 8.91. The molecule has 4 aliphatic rings. The Morgan fingerprint density at radius 3 is 2.68 bits per heavy atom. The fourth-order valence-electron chi connectivity index (χ4n) is 6.59. The SMILES string of the molecule is C=C1C(=O)[C@@H]2C3=C(CC[C@@H]4C(C)(C)CCC[C@@]34C)C[C@H]1[C@@H]2O. The Hall–Kier alpha value is -0.890. The quantitative estimate of drug-likeness (QED) is 0.541. The number of carbonyl (C=O) groups is 1. The molecule has 0 saturated heterocycles. The minimum Gasteiger partial charge on any atom is -0.391 e. The summed E-state index contributed by atoms with van der Waals surface area (Å²) in [6, 6.07) is 0. The number of aliphatic hydroxyl groups is 1. The summed E-state index contributed by atoms with van der Waals surface area (Å²) in [7, 11) is 0. The maximum atomic E-state index is 12.7. The Kier molecular flexibility index (Phi) is 2.90. The van der Waals surface area contributed by atoms with E-state index in [-0.39, 0.29) is 23.0 Å². The zero-order valence-corrected chi connectivity index (χ0v) is 14.1. The third kappa shape index (κ3) is 1.62. The van der Waals surface area contributed by atoms with Crippen molar-refractivity contribution in [3.8, 4) is 0 Å². The molecule has 0 aromatic carbocycles. The van der Waals surface area contributed by atoms with E-state index in [2.05, 4.69) is 27.4 Å². The van der Waals surface area contributed by atoms with Gasteiger partial charge in [0.25, 0.3) is 0 Å². The number of ketones is 1. The molecule has 0 radical (unpaired) electrons. The van der Waals surface area contributed by atoms with Gasteiger partial charge >= 0.3 is 0 Å². The fourth-order valence-corrected chi connectivity index (χ4v) is 6.59. The van der Waals surface area contributed by atoms with Crippen molar-refractivity contribution in [2.45, 2.75) is 65.4 Å². The Bertz CT molecular complexity index is 597. The summed E-state index contributed by atoms with van der Waals surface area (Å²) in [6.07, 6.45) is 6.43. The smallest absolute Gasteiger partial charge is 0.168 e.